The molecular weight excluding hydrogens is 278 g/mol. The number of aromatic nitrogens is 2. The van der Waals surface area contributed by atoms with Crippen molar-refractivity contribution in [2.24, 2.45) is 0 Å². The highest BCUT2D eigenvalue weighted by Gasteiger charge is 2.29. The molecule has 1 atom stereocenters. The van der Waals surface area contributed by atoms with Crippen molar-refractivity contribution in [1.82, 2.24) is 14.9 Å². The number of rotatable bonds is 4. The first-order valence-electron chi connectivity index (χ1n) is 7.92. The van der Waals surface area contributed by atoms with Crippen LogP contribution in [0.3, 0.4) is 0 Å². The van der Waals surface area contributed by atoms with Gasteiger partial charge in [-0.15, -0.1) is 11.3 Å². The maximum Gasteiger partial charge on any atom is 0.0959 e. The van der Waals surface area contributed by atoms with Gasteiger partial charge in [-0.3, -0.25) is 9.88 Å². The molecule has 0 bridgehead atoms. The lowest BCUT2D eigenvalue weighted by Gasteiger charge is -2.23. The summed E-state index contributed by atoms with van der Waals surface area (Å²) in [5.74, 6) is 0.775. The van der Waals surface area contributed by atoms with Crippen molar-refractivity contribution in [2.45, 2.75) is 51.1 Å². The van der Waals surface area contributed by atoms with Gasteiger partial charge in [0.15, 0.2) is 0 Å². The quantitative estimate of drug-likeness (QED) is 0.852. The molecule has 1 saturated heterocycles. The summed E-state index contributed by atoms with van der Waals surface area (Å²) >= 11 is 1.92. The molecule has 1 aliphatic heterocycles. The second-order valence-electron chi connectivity index (χ2n) is 6.27. The monoisotopic (exact) mass is 299 g/mol. The summed E-state index contributed by atoms with van der Waals surface area (Å²) in [7, 11) is 0. The summed E-state index contributed by atoms with van der Waals surface area (Å²) < 4.78 is 0. The lowest BCUT2D eigenvalue weighted by atomic mass is 10.1. The minimum absolute atomic E-state index is 0.483. The molecule has 0 spiro atoms. The molecule has 4 rings (SSSR count). The Labute approximate surface area is 130 Å². The average Bonchev–Trinajstić information content (AvgIpc) is 3.05. The van der Waals surface area contributed by atoms with E-state index in [2.05, 4.69) is 41.2 Å². The molecular formula is C17H21N3S. The zero-order valence-electron chi connectivity index (χ0n) is 12.5. The van der Waals surface area contributed by atoms with Gasteiger partial charge >= 0.3 is 0 Å². The number of nitrogens with zero attached hydrogens (tertiary/aromatic N) is 3. The smallest absolute Gasteiger partial charge is 0.0959 e. The Morgan fingerprint density at radius 1 is 1.29 bits per heavy atom. The number of likely N-dealkylation sites (tertiary alicyclic amines) is 1. The highest BCUT2D eigenvalue weighted by molar-refractivity contribution is 7.11. The third-order valence-corrected chi connectivity index (χ3v) is 5.62. The summed E-state index contributed by atoms with van der Waals surface area (Å²) in [6.45, 7) is 4.29. The van der Waals surface area contributed by atoms with Crippen molar-refractivity contribution in [1.29, 1.82) is 0 Å². The molecule has 2 aromatic rings. The van der Waals surface area contributed by atoms with Crippen molar-refractivity contribution in [2.75, 3.05) is 6.54 Å². The van der Waals surface area contributed by atoms with Crippen molar-refractivity contribution < 1.29 is 0 Å². The molecule has 2 fully saturated rings. The standard InChI is InChI=1S/C17H21N3S/c1-12-4-2-5-15(19-12)16-6-3-9-20(16)11-14-10-18-17(21-14)13-7-8-13/h2,4-5,10,13,16H,3,6-9,11H2,1H3/t16-/m0/s1. The van der Waals surface area contributed by atoms with Crippen LogP contribution in [0.2, 0.25) is 0 Å². The fraction of sp³-hybridized carbons (Fsp3) is 0.529. The molecule has 0 N–H and O–H groups in total. The normalized spacial score (nSPS) is 22.8. The van der Waals surface area contributed by atoms with Crippen molar-refractivity contribution in [3.63, 3.8) is 0 Å². The van der Waals surface area contributed by atoms with E-state index < -0.39 is 0 Å². The largest absolute Gasteiger partial charge is 0.290 e. The molecule has 0 amide bonds. The van der Waals surface area contributed by atoms with Gasteiger partial charge in [0.05, 0.1) is 16.7 Å². The third kappa shape index (κ3) is 2.87. The average molecular weight is 299 g/mol. The molecule has 1 saturated carbocycles. The number of hydrogen-bond donors (Lipinski definition) is 0. The first-order valence-corrected chi connectivity index (χ1v) is 8.73. The van der Waals surface area contributed by atoms with Gasteiger partial charge in [-0.05, 0) is 51.3 Å². The molecule has 0 radical (unpaired) electrons. The lowest BCUT2D eigenvalue weighted by molar-refractivity contribution is 0.246. The maximum absolute atomic E-state index is 4.74. The van der Waals surface area contributed by atoms with Gasteiger partial charge in [0.2, 0.25) is 0 Å². The number of thiazole rings is 1. The summed E-state index contributed by atoms with van der Waals surface area (Å²) in [4.78, 5) is 13.3. The fourth-order valence-corrected chi connectivity index (χ4v) is 4.33. The van der Waals surface area contributed by atoms with Gasteiger partial charge < -0.3 is 0 Å². The van der Waals surface area contributed by atoms with Crippen molar-refractivity contribution in [3.05, 3.63) is 45.7 Å². The minimum atomic E-state index is 0.483. The Bertz CT molecular complexity index is 632. The van der Waals surface area contributed by atoms with E-state index in [9.17, 15) is 0 Å². The van der Waals surface area contributed by atoms with Crippen LogP contribution in [0.15, 0.2) is 24.4 Å². The first-order chi connectivity index (χ1) is 10.3. The van der Waals surface area contributed by atoms with Gasteiger partial charge in [0, 0.05) is 29.2 Å². The summed E-state index contributed by atoms with van der Waals surface area (Å²) in [5.41, 5.74) is 2.35. The number of pyridine rings is 1. The van der Waals surface area contributed by atoms with E-state index >= 15 is 0 Å². The van der Waals surface area contributed by atoms with E-state index in [-0.39, 0.29) is 0 Å². The minimum Gasteiger partial charge on any atom is -0.290 e. The first kappa shape index (κ1) is 13.4. The Morgan fingerprint density at radius 2 is 2.19 bits per heavy atom. The topological polar surface area (TPSA) is 29.0 Å². The highest BCUT2D eigenvalue weighted by Crippen LogP contribution is 2.42. The summed E-state index contributed by atoms with van der Waals surface area (Å²) in [6, 6.07) is 6.87. The highest BCUT2D eigenvalue weighted by atomic mass is 32.1. The second kappa shape index (κ2) is 5.50. The van der Waals surface area contributed by atoms with Crippen LogP contribution in [0.5, 0.6) is 0 Å². The molecule has 21 heavy (non-hydrogen) atoms. The molecule has 2 aromatic heterocycles. The molecule has 3 heterocycles. The number of hydrogen-bond acceptors (Lipinski definition) is 4. The molecule has 1 aliphatic carbocycles. The lowest BCUT2D eigenvalue weighted by Crippen LogP contribution is -2.23. The van der Waals surface area contributed by atoms with Crippen LogP contribution < -0.4 is 0 Å². The molecule has 110 valence electrons. The van der Waals surface area contributed by atoms with Crippen LogP contribution in [0.1, 0.15) is 58.9 Å². The predicted molar refractivity (Wildman–Crippen MR) is 85.4 cm³/mol. The van der Waals surface area contributed by atoms with Gasteiger partial charge in [-0.1, -0.05) is 6.07 Å². The van der Waals surface area contributed by atoms with Crippen LogP contribution in [0.4, 0.5) is 0 Å². The Morgan fingerprint density at radius 3 is 3.00 bits per heavy atom. The van der Waals surface area contributed by atoms with E-state index in [4.69, 9.17) is 4.98 Å². The third-order valence-electron chi connectivity index (χ3n) is 4.47. The Kier molecular flexibility index (Phi) is 3.51. The van der Waals surface area contributed by atoms with Gasteiger partial charge in [-0.2, -0.15) is 0 Å². The zero-order chi connectivity index (χ0) is 14.2. The van der Waals surface area contributed by atoms with E-state index in [1.807, 2.05) is 11.3 Å². The maximum atomic E-state index is 4.74. The van der Waals surface area contributed by atoms with E-state index in [1.165, 1.54) is 47.8 Å². The van der Waals surface area contributed by atoms with Gasteiger partial charge in [0.1, 0.15) is 0 Å². The van der Waals surface area contributed by atoms with Crippen LogP contribution in [-0.2, 0) is 6.54 Å². The van der Waals surface area contributed by atoms with E-state index in [0.717, 1.165) is 18.2 Å². The zero-order valence-corrected chi connectivity index (χ0v) is 13.3. The SMILES string of the molecule is Cc1cccc([C@@H]2CCCN2Cc2cnc(C3CC3)s2)n1. The molecule has 0 unspecified atom stereocenters. The fourth-order valence-electron chi connectivity index (χ4n) is 3.21. The summed E-state index contributed by atoms with van der Waals surface area (Å²) in [6.07, 6.45) is 7.27. The molecule has 0 aromatic carbocycles. The van der Waals surface area contributed by atoms with E-state index in [1.54, 1.807) is 0 Å². The number of aryl methyl sites for hydroxylation is 1. The molecule has 3 nitrogen and oxygen atoms in total. The predicted octanol–water partition coefficient (Wildman–Crippen LogP) is 4.06. The van der Waals surface area contributed by atoms with Crippen LogP contribution in [0.25, 0.3) is 0 Å². The molecule has 2 aliphatic rings. The molecule has 4 heteroatoms. The van der Waals surface area contributed by atoms with Gasteiger partial charge in [-0.25, -0.2) is 4.98 Å². The van der Waals surface area contributed by atoms with E-state index in [0.29, 0.717) is 6.04 Å². The van der Waals surface area contributed by atoms with Crippen LogP contribution in [0, 0.1) is 6.92 Å². The van der Waals surface area contributed by atoms with Crippen molar-refractivity contribution in [3.8, 4) is 0 Å². The Balaban J connectivity index is 1.50. The van der Waals surface area contributed by atoms with Gasteiger partial charge in [0.25, 0.3) is 0 Å². The van der Waals surface area contributed by atoms with Crippen LogP contribution in [-0.4, -0.2) is 21.4 Å². The Hall–Kier alpha value is -1.26. The second-order valence-corrected chi connectivity index (χ2v) is 7.42. The van der Waals surface area contributed by atoms with Crippen LogP contribution >= 0.6 is 11.3 Å². The summed E-state index contributed by atoms with van der Waals surface area (Å²) in [5, 5.41) is 1.36. The van der Waals surface area contributed by atoms with Crippen molar-refractivity contribution >= 4 is 11.3 Å².